The van der Waals surface area contributed by atoms with Crippen LogP contribution in [0.25, 0.3) is 16.3 Å². The molecule has 0 spiro atoms. The molecule has 1 amide bonds. The van der Waals surface area contributed by atoms with E-state index in [1.165, 1.54) is 0 Å². The predicted octanol–water partition coefficient (Wildman–Crippen LogP) is 3.54. The molecule has 8 heteroatoms. The number of pyridine rings is 2. The van der Waals surface area contributed by atoms with Crippen molar-refractivity contribution < 1.29 is 9.53 Å². The molecule has 1 atom stereocenters. The number of methoxy groups -OCH3 is 1. The van der Waals surface area contributed by atoms with E-state index < -0.39 is 0 Å². The fourth-order valence-corrected chi connectivity index (χ4v) is 4.64. The smallest absolute Gasteiger partial charge is 0.258 e. The van der Waals surface area contributed by atoms with Gasteiger partial charge < -0.3 is 14.6 Å². The van der Waals surface area contributed by atoms with Gasteiger partial charge in [0.05, 0.1) is 41.6 Å². The van der Waals surface area contributed by atoms with E-state index >= 15 is 0 Å². The van der Waals surface area contributed by atoms with Gasteiger partial charge in [-0.2, -0.15) is 5.10 Å². The number of hydrogen-bond acceptors (Lipinski definition) is 5. The molecule has 0 saturated carbocycles. The van der Waals surface area contributed by atoms with Crippen molar-refractivity contribution in [3.8, 4) is 0 Å². The zero-order valence-corrected chi connectivity index (χ0v) is 18.1. The van der Waals surface area contributed by atoms with Gasteiger partial charge >= 0.3 is 0 Å². The largest absolute Gasteiger partial charge is 0.380 e. The molecule has 164 valence electrons. The van der Waals surface area contributed by atoms with E-state index in [2.05, 4.69) is 27.2 Å². The number of fused-ring (bicyclic) bond motifs is 3. The summed E-state index contributed by atoms with van der Waals surface area (Å²) < 4.78 is 6.94. The number of rotatable bonds is 4. The molecule has 0 aliphatic carbocycles. The average molecular weight is 438 g/mol. The summed E-state index contributed by atoms with van der Waals surface area (Å²) in [5.41, 5.74) is 5.00. The molecule has 0 radical (unpaired) electrons. The first-order valence-electron chi connectivity index (χ1n) is 10.9. The highest BCUT2D eigenvalue weighted by molar-refractivity contribution is 6.01. The highest BCUT2D eigenvalue weighted by atomic mass is 16.5. The first-order chi connectivity index (χ1) is 16.2. The van der Waals surface area contributed by atoms with Crippen LogP contribution in [0.4, 0.5) is 0 Å². The second-order valence-electron chi connectivity index (χ2n) is 8.23. The third-order valence-corrected chi connectivity index (χ3v) is 6.24. The maximum Gasteiger partial charge on any atom is 0.258 e. The number of H-pyrrole nitrogens is 1. The molecule has 1 aromatic carbocycles. The van der Waals surface area contributed by atoms with Crippen LogP contribution in [0, 0.1) is 0 Å². The van der Waals surface area contributed by atoms with Crippen LogP contribution < -0.4 is 0 Å². The molecule has 8 nitrogen and oxygen atoms in total. The first kappa shape index (κ1) is 19.6. The number of ether oxygens (including phenoxy) is 1. The van der Waals surface area contributed by atoms with Crippen molar-refractivity contribution in [3.63, 3.8) is 0 Å². The van der Waals surface area contributed by atoms with Crippen LogP contribution in [0.5, 0.6) is 0 Å². The number of aromatic amines is 1. The number of carbonyl (C=O) groups excluding carboxylic acids is 1. The maximum absolute atomic E-state index is 13.8. The molecular weight excluding hydrogens is 416 g/mol. The monoisotopic (exact) mass is 438 g/mol. The molecule has 33 heavy (non-hydrogen) atoms. The van der Waals surface area contributed by atoms with Gasteiger partial charge in [0, 0.05) is 43.5 Å². The molecule has 0 bridgehead atoms. The predicted molar refractivity (Wildman–Crippen MR) is 123 cm³/mol. The van der Waals surface area contributed by atoms with Crippen LogP contribution in [0.1, 0.15) is 39.0 Å². The van der Waals surface area contributed by atoms with Crippen molar-refractivity contribution in [3.05, 3.63) is 95.6 Å². The summed E-state index contributed by atoms with van der Waals surface area (Å²) in [5, 5.41) is 6.57. The summed E-state index contributed by atoms with van der Waals surface area (Å²) in [7, 11) is 1.66. The Morgan fingerprint density at radius 2 is 2.03 bits per heavy atom. The van der Waals surface area contributed by atoms with Crippen LogP contribution in [-0.4, -0.2) is 49.0 Å². The lowest BCUT2D eigenvalue weighted by Crippen LogP contribution is -2.41. The Bertz CT molecular complexity index is 1490. The Labute approximate surface area is 189 Å². The molecule has 5 aromatic rings. The topological polar surface area (TPSA) is 88.4 Å². The summed E-state index contributed by atoms with van der Waals surface area (Å²) in [6, 6.07) is 13.7. The second kappa shape index (κ2) is 7.83. The Balaban J connectivity index is 1.43. The van der Waals surface area contributed by atoms with Crippen LogP contribution >= 0.6 is 0 Å². The van der Waals surface area contributed by atoms with Gasteiger partial charge in [0.2, 0.25) is 0 Å². The Kier molecular flexibility index (Phi) is 4.66. The minimum atomic E-state index is -0.375. The van der Waals surface area contributed by atoms with E-state index in [0.717, 1.165) is 38.9 Å². The standard InChI is InChI=1S/C25H22N6O2/c1-33-14-16-6-7-22-19(12-29-31(22)13-16)25(32)30-9-8-20-23(28-15-27-20)24(30)21-10-17-4-2-3-5-18(17)11-26-21/h2-7,10-13,15,24H,8-9,14H2,1H3,(H,27,28)/t24-/m1/s1. The summed E-state index contributed by atoms with van der Waals surface area (Å²) in [6.45, 7) is 1.05. The van der Waals surface area contributed by atoms with Crippen molar-refractivity contribution in [2.45, 2.75) is 19.1 Å². The van der Waals surface area contributed by atoms with Gasteiger partial charge in [-0.1, -0.05) is 30.3 Å². The van der Waals surface area contributed by atoms with Crippen LogP contribution in [0.2, 0.25) is 0 Å². The highest BCUT2D eigenvalue weighted by Crippen LogP contribution is 2.35. The molecule has 0 fully saturated rings. The number of benzene rings is 1. The zero-order chi connectivity index (χ0) is 22.4. The van der Waals surface area contributed by atoms with Crippen molar-refractivity contribution in [1.29, 1.82) is 0 Å². The Morgan fingerprint density at radius 1 is 1.15 bits per heavy atom. The lowest BCUT2D eigenvalue weighted by molar-refractivity contribution is 0.0689. The van der Waals surface area contributed by atoms with Gasteiger partial charge in [-0.25, -0.2) is 9.50 Å². The number of aromatic nitrogens is 5. The van der Waals surface area contributed by atoms with E-state index in [4.69, 9.17) is 9.72 Å². The molecule has 0 unspecified atom stereocenters. The SMILES string of the molecule is COCc1ccc2c(C(=O)N3CCc4[nH]cnc4[C@H]3c3cc4ccccc4cn3)cnn2c1. The Morgan fingerprint density at radius 3 is 2.91 bits per heavy atom. The van der Waals surface area contributed by atoms with E-state index in [-0.39, 0.29) is 11.9 Å². The number of nitrogens with one attached hydrogen (secondary N) is 1. The van der Waals surface area contributed by atoms with Crippen molar-refractivity contribution in [1.82, 2.24) is 29.5 Å². The second-order valence-corrected chi connectivity index (χ2v) is 8.23. The molecule has 1 aliphatic heterocycles. The number of hydrogen-bond donors (Lipinski definition) is 1. The molecule has 1 N–H and O–H groups in total. The molecular formula is C25H22N6O2. The minimum absolute atomic E-state index is 0.0851. The molecule has 4 aromatic heterocycles. The van der Waals surface area contributed by atoms with Gasteiger partial charge in [0.15, 0.2) is 0 Å². The van der Waals surface area contributed by atoms with E-state index in [1.54, 1.807) is 24.1 Å². The quantitative estimate of drug-likeness (QED) is 0.464. The average Bonchev–Trinajstić information content (AvgIpc) is 3.50. The highest BCUT2D eigenvalue weighted by Gasteiger charge is 2.36. The van der Waals surface area contributed by atoms with Crippen LogP contribution in [0.3, 0.4) is 0 Å². The van der Waals surface area contributed by atoms with Gasteiger partial charge in [0.25, 0.3) is 5.91 Å². The normalized spacial score (nSPS) is 15.8. The van der Waals surface area contributed by atoms with Gasteiger partial charge in [-0.05, 0) is 23.1 Å². The van der Waals surface area contributed by atoms with Gasteiger partial charge in [-0.15, -0.1) is 0 Å². The van der Waals surface area contributed by atoms with Gasteiger partial charge in [0.1, 0.15) is 6.04 Å². The lowest BCUT2D eigenvalue weighted by Gasteiger charge is -2.34. The minimum Gasteiger partial charge on any atom is -0.380 e. The van der Waals surface area contributed by atoms with Crippen molar-refractivity contribution in [2.24, 2.45) is 0 Å². The third kappa shape index (κ3) is 3.27. The molecule has 1 aliphatic rings. The first-order valence-corrected chi connectivity index (χ1v) is 10.9. The van der Waals surface area contributed by atoms with Crippen molar-refractivity contribution in [2.75, 3.05) is 13.7 Å². The molecule has 0 saturated heterocycles. The molecule has 6 rings (SSSR count). The van der Waals surface area contributed by atoms with Gasteiger partial charge in [-0.3, -0.25) is 9.78 Å². The fourth-order valence-electron chi connectivity index (χ4n) is 4.64. The fraction of sp³-hybridized carbons (Fsp3) is 0.200. The third-order valence-electron chi connectivity index (χ3n) is 6.24. The van der Waals surface area contributed by atoms with Crippen LogP contribution in [-0.2, 0) is 17.8 Å². The van der Waals surface area contributed by atoms with E-state index in [0.29, 0.717) is 25.1 Å². The summed E-state index contributed by atoms with van der Waals surface area (Å²) in [4.78, 5) is 28.3. The van der Waals surface area contributed by atoms with E-state index in [9.17, 15) is 4.79 Å². The molecule has 5 heterocycles. The van der Waals surface area contributed by atoms with E-state index in [1.807, 2.05) is 47.6 Å². The maximum atomic E-state index is 13.8. The summed E-state index contributed by atoms with van der Waals surface area (Å²) in [6.07, 6.45) is 7.79. The number of imidazole rings is 1. The lowest BCUT2D eigenvalue weighted by atomic mass is 9.97. The van der Waals surface area contributed by atoms with Crippen molar-refractivity contribution >= 4 is 22.2 Å². The number of amides is 1. The number of nitrogens with zero attached hydrogens (tertiary/aromatic N) is 5. The number of carbonyl (C=O) groups is 1. The van der Waals surface area contributed by atoms with Crippen LogP contribution in [0.15, 0.2) is 67.4 Å². The zero-order valence-electron chi connectivity index (χ0n) is 18.1. The Hall–Kier alpha value is -4.04. The summed E-state index contributed by atoms with van der Waals surface area (Å²) >= 11 is 0. The summed E-state index contributed by atoms with van der Waals surface area (Å²) in [5.74, 6) is -0.0851.